The summed E-state index contributed by atoms with van der Waals surface area (Å²) in [6.07, 6.45) is -0.000754. The number of hydrogen-bond donors (Lipinski definition) is 2. The molecule has 5 nitrogen and oxygen atoms in total. The molecular formula is C17H15ClFNO4. The van der Waals surface area contributed by atoms with Gasteiger partial charge in [0.2, 0.25) is 0 Å². The molecule has 2 aromatic rings. The maximum atomic E-state index is 13.6. The van der Waals surface area contributed by atoms with Crippen LogP contribution in [0.25, 0.3) is 0 Å². The Morgan fingerprint density at radius 1 is 1.29 bits per heavy atom. The monoisotopic (exact) mass is 351 g/mol. The maximum Gasteiger partial charge on any atom is 0.326 e. The van der Waals surface area contributed by atoms with Gasteiger partial charge in [0, 0.05) is 6.42 Å². The van der Waals surface area contributed by atoms with Crippen LogP contribution >= 0.6 is 11.6 Å². The Morgan fingerprint density at radius 3 is 2.58 bits per heavy atom. The summed E-state index contributed by atoms with van der Waals surface area (Å²) in [5, 5.41) is 12.0. The number of rotatable bonds is 6. The van der Waals surface area contributed by atoms with E-state index in [4.69, 9.17) is 16.3 Å². The lowest BCUT2D eigenvalue weighted by Crippen LogP contribution is -2.42. The predicted octanol–water partition coefficient (Wildman–Crippen LogP) is 2.91. The highest BCUT2D eigenvalue weighted by atomic mass is 35.5. The molecule has 0 saturated carbocycles. The molecule has 0 saturated heterocycles. The summed E-state index contributed by atoms with van der Waals surface area (Å²) < 4.78 is 18.6. The van der Waals surface area contributed by atoms with E-state index < -0.39 is 23.7 Å². The van der Waals surface area contributed by atoms with E-state index in [0.717, 1.165) is 6.07 Å². The topological polar surface area (TPSA) is 75.6 Å². The van der Waals surface area contributed by atoms with Crippen LogP contribution in [0.5, 0.6) is 5.75 Å². The fraction of sp³-hybridized carbons (Fsp3) is 0.176. The van der Waals surface area contributed by atoms with Gasteiger partial charge in [-0.05, 0) is 29.8 Å². The average molecular weight is 352 g/mol. The quantitative estimate of drug-likeness (QED) is 0.839. The number of carbonyl (C=O) groups is 2. The number of nitrogens with one attached hydrogen (secondary N) is 1. The lowest BCUT2D eigenvalue weighted by atomic mass is 10.0. The number of halogens is 2. The molecular weight excluding hydrogens is 337 g/mol. The molecule has 0 unspecified atom stereocenters. The standard InChI is InChI=1S/C17H15ClFNO4/c1-24-15-7-6-10(8-12(15)18)9-14(17(22)23)20-16(21)11-4-2-3-5-13(11)19/h2-8,14H,9H2,1H3,(H,20,21)(H,22,23)/t14-/m1/s1. The summed E-state index contributed by atoms with van der Waals surface area (Å²) in [4.78, 5) is 23.5. The van der Waals surface area contributed by atoms with E-state index in [-0.39, 0.29) is 12.0 Å². The van der Waals surface area contributed by atoms with Crippen LogP contribution in [0.3, 0.4) is 0 Å². The molecule has 2 aromatic carbocycles. The van der Waals surface area contributed by atoms with Gasteiger partial charge in [-0.15, -0.1) is 0 Å². The van der Waals surface area contributed by atoms with E-state index in [1.54, 1.807) is 18.2 Å². The number of ether oxygens (including phenoxy) is 1. The zero-order valence-corrected chi connectivity index (χ0v) is 13.5. The molecule has 24 heavy (non-hydrogen) atoms. The zero-order chi connectivity index (χ0) is 17.7. The summed E-state index contributed by atoms with van der Waals surface area (Å²) >= 11 is 6.01. The first kappa shape index (κ1) is 17.7. The average Bonchev–Trinajstić information content (AvgIpc) is 2.54. The van der Waals surface area contributed by atoms with E-state index in [1.807, 2.05) is 0 Å². The molecule has 0 heterocycles. The molecule has 0 spiro atoms. The third-order valence-electron chi connectivity index (χ3n) is 3.38. The Labute approximate surface area is 143 Å². The molecule has 0 radical (unpaired) electrons. The van der Waals surface area contributed by atoms with Gasteiger partial charge < -0.3 is 15.2 Å². The van der Waals surface area contributed by atoms with Crippen LogP contribution in [0.1, 0.15) is 15.9 Å². The summed E-state index contributed by atoms with van der Waals surface area (Å²) in [6, 6.07) is 8.96. The highest BCUT2D eigenvalue weighted by Crippen LogP contribution is 2.25. The van der Waals surface area contributed by atoms with Gasteiger partial charge in [0.05, 0.1) is 17.7 Å². The van der Waals surface area contributed by atoms with E-state index in [1.165, 1.54) is 25.3 Å². The van der Waals surface area contributed by atoms with Crippen LogP contribution in [-0.4, -0.2) is 30.1 Å². The van der Waals surface area contributed by atoms with Gasteiger partial charge >= 0.3 is 5.97 Å². The highest BCUT2D eigenvalue weighted by molar-refractivity contribution is 6.32. The molecule has 0 fully saturated rings. The van der Waals surface area contributed by atoms with Gasteiger partial charge in [-0.1, -0.05) is 29.8 Å². The predicted molar refractivity (Wildman–Crippen MR) is 87.0 cm³/mol. The van der Waals surface area contributed by atoms with Gasteiger partial charge in [-0.3, -0.25) is 4.79 Å². The number of aliphatic carboxylic acids is 1. The molecule has 1 amide bonds. The second kappa shape index (κ2) is 7.79. The van der Waals surface area contributed by atoms with Crippen LogP contribution in [0, 0.1) is 5.82 Å². The third kappa shape index (κ3) is 4.23. The van der Waals surface area contributed by atoms with Crippen molar-refractivity contribution in [2.45, 2.75) is 12.5 Å². The van der Waals surface area contributed by atoms with Crippen molar-refractivity contribution in [3.05, 3.63) is 64.4 Å². The number of hydrogen-bond acceptors (Lipinski definition) is 3. The van der Waals surface area contributed by atoms with Crippen molar-refractivity contribution in [2.24, 2.45) is 0 Å². The van der Waals surface area contributed by atoms with Crippen LogP contribution in [0.4, 0.5) is 4.39 Å². The van der Waals surface area contributed by atoms with Crippen molar-refractivity contribution in [1.29, 1.82) is 0 Å². The third-order valence-corrected chi connectivity index (χ3v) is 3.67. The number of carboxylic acids is 1. The Balaban J connectivity index is 2.15. The molecule has 0 aliphatic carbocycles. The molecule has 1 atom stereocenters. The van der Waals surface area contributed by atoms with E-state index in [0.29, 0.717) is 16.3 Å². The van der Waals surface area contributed by atoms with Crippen LogP contribution in [-0.2, 0) is 11.2 Å². The van der Waals surface area contributed by atoms with Gasteiger partial charge in [0.15, 0.2) is 0 Å². The van der Waals surface area contributed by atoms with Crippen molar-refractivity contribution >= 4 is 23.5 Å². The summed E-state index contributed by atoms with van der Waals surface area (Å²) in [5.74, 6) is -2.28. The fourth-order valence-corrected chi connectivity index (χ4v) is 2.43. The lowest BCUT2D eigenvalue weighted by molar-refractivity contribution is -0.139. The largest absolute Gasteiger partial charge is 0.495 e. The molecule has 2 N–H and O–H groups in total. The Hall–Kier alpha value is -2.60. The molecule has 0 aromatic heterocycles. The number of benzene rings is 2. The first-order chi connectivity index (χ1) is 11.4. The maximum absolute atomic E-state index is 13.6. The highest BCUT2D eigenvalue weighted by Gasteiger charge is 2.22. The van der Waals surface area contributed by atoms with E-state index in [9.17, 15) is 19.1 Å². The normalized spacial score (nSPS) is 11.6. The van der Waals surface area contributed by atoms with Gasteiger partial charge in [-0.2, -0.15) is 0 Å². The first-order valence-electron chi connectivity index (χ1n) is 7.03. The molecule has 0 aliphatic rings. The number of methoxy groups -OCH3 is 1. The minimum absolute atomic E-state index is 0.000754. The summed E-state index contributed by atoms with van der Waals surface area (Å²) in [5.41, 5.74) is 0.388. The SMILES string of the molecule is COc1ccc(C[C@@H](NC(=O)c2ccccc2F)C(=O)O)cc1Cl. The Morgan fingerprint density at radius 2 is 2.00 bits per heavy atom. The minimum atomic E-state index is -1.23. The number of carbonyl (C=O) groups excluding carboxylic acids is 1. The molecule has 7 heteroatoms. The first-order valence-corrected chi connectivity index (χ1v) is 7.40. The van der Waals surface area contributed by atoms with Crippen LogP contribution < -0.4 is 10.1 Å². The number of carboxylic acid groups (broad SMARTS) is 1. The minimum Gasteiger partial charge on any atom is -0.495 e. The van der Waals surface area contributed by atoms with Gasteiger partial charge in [0.1, 0.15) is 17.6 Å². The second-order valence-electron chi connectivity index (χ2n) is 5.02. The molecule has 2 rings (SSSR count). The molecule has 126 valence electrons. The van der Waals surface area contributed by atoms with Crippen LogP contribution in [0.15, 0.2) is 42.5 Å². The van der Waals surface area contributed by atoms with E-state index >= 15 is 0 Å². The van der Waals surface area contributed by atoms with Crippen molar-refractivity contribution in [3.63, 3.8) is 0 Å². The molecule has 0 aliphatic heterocycles. The summed E-state index contributed by atoms with van der Waals surface area (Å²) in [6.45, 7) is 0. The Bertz CT molecular complexity index is 766. The number of amides is 1. The van der Waals surface area contributed by atoms with Crippen molar-refractivity contribution in [1.82, 2.24) is 5.32 Å². The summed E-state index contributed by atoms with van der Waals surface area (Å²) in [7, 11) is 1.47. The van der Waals surface area contributed by atoms with Gasteiger partial charge in [0.25, 0.3) is 5.91 Å². The zero-order valence-electron chi connectivity index (χ0n) is 12.8. The van der Waals surface area contributed by atoms with Crippen molar-refractivity contribution in [2.75, 3.05) is 7.11 Å². The van der Waals surface area contributed by atoms with E-state index in [2.05, 4.69) is 5.32 Å². The fourth-order valence-electron chi connectivity index (χ4n) is 2.15. The van der Waals surface area contributed by atoms with Crippen molar-refractivity contribution < 1.29 is 23.8 Å². The Kier molecular flexibility index (Phi) is 5.76. The van der Waals surface area contributed by atoms with Gasteiger partial charge in [-0.25, -0.2) is 9.18 Å². The lowest BCUT2D eigenvalue weighted by Gasteiger charge is -2.15. The van der Waals surface area contributed by atoms with Crippen LogP contribution in [0.2, 0.25) is 5.02 Å². The second-order valence-corrected chi connectivity index (χ2v) is 5.42. The van der Waals surface area contributed by atoms with Crippen molar-refractivity contribution in [3.8, 4) is 5.75 Å². The molecule has 0 bridgehead atoms. The smallest absolute Gasteiger partial charge is 0.326 e.